The molecule has 0 heterocycles. The molecule has 5 heavy (non-hydrogen) atoms. The van der Waals surface area contributed by atoms with Crippen molar-refractivity contribution in [2.75, 3.05) is 0 Å². The van der Waals surface area contributed by atoms with Crippen LogP contribution in [0, 0.1) is 0 Å². The molecule has 0 aliphatic heterocycles. The van der Waals surface area contributed by atoms with Gasteiger partial charge in [-0.2, -0.15) is 0 Å². The van der Waals surface area contributed by atoms with Gasteiger partial charge in [-0.3, -0.25) is 9.41 Å². The molecule has 0 saturated heterocycles. The van der Waals surface area contributed by atoms with Crippen molar-refractivity contribution in [1.82, 2.24) is 0 Å². The van der Waals surface area contributed by atoms with E-state index in [0.29, 0.717) is 0 Å². The normalized spacial score (nSPS) is 0. The van der Waals surface area contributed by atoms with E-state index in [4.69, 9.17) is 0 Å². The summed E-state index contributed by atoms with van der Waals surface area (Å²) in [6, 6.07) is 0. The van der Waals surface area contributed by atoms with E-state index < -0.39 is 0 Å². The number of hydrogen-bond donors (Lipinski definition) is 0. The maximum Gasteiger partial charge on any atom is 1.00 e. The van der Waals surface area contributed by atoms with E-state index in [9.17, 15) is 0 Å². The molecule has 0 rings (SSSR count). The van der Waals surface area contributed by atoms with Crippen molar-refractivity contribution in [1.29, 1.82) is 0 Å². The molecule has 0 aromatic heterocycles. The molecule has 0 nitrogen and oxygen atoms in total. The first kappa shape index (κ1) is 984. The zero-order chi connectivity index (χ0) is 0. The largest absolute Gasteiger partial charge is 1.00 e. The summed E-state index contributed by atoms with van der Waals surface area (Å²) in [5, 5.41) is 0. The summed E-state index contributed by atoms with van der Waals surface area (Å²) in [7, 11) is 0. The second kappa shape index (κ2) is 472. The molecule has 0 bridgehead atoms. The quantitative estimate of drug-likeness (QED) is 0.203. The molecule has 32 valence electrons. The third-order valence-corrected chi connectivity index (χ3v) is 0. The van der Waals surface area contributed by atoms with Crippen LogP contribution in [-0.2, 0) is 0 Å². The summed E-state index contributed by atoms with van der Waals surface area (Å²) in [6.07, 6.45) is 0. The van der Waals surface area contributed by atoms with E-state index in [1.54, 1.807) is 0 Å². The minimum Gasteiger partial charge on any atom is -1.00 e. The van der Waals surface area contributed by atoms with Gasteiger partial charge in [0.1, 0.15) is 0 Å². The van der Waals surface area contributed by atoms with E-state index in [-0.39, 0.29) is 39.1 Å². The molecule has 0 N–H and O–H groups in total. The second-order valence-electron chi connectivity index (χ2n) is 0. The molecular formula is H3F4Li. The fourth-order valence-electron chi connectivity index (χ4n) is 0. The molecule has 0 aromatic carbocycles. The molecule has 0 aliphatic rings. The Bertz CT molecular complexity index is 7.51. The standard InChI is InChI=1S/4FH.Li/h4*1H;/q;;;;+1/p-1. The van der Waals surface area contributed by atoms with Crippen molar-refractivity contribution < 1.29 is 39.1 Å². The van der Waals surface area contributed by atoms with Crippen LogP contribution in [0.15, 0.2) is 0 Å². The molecule has 0 atom stereocenters. The van der Waals surface area contributed by atoms with Crippen LogP contribution in [0.1, 0.15) is 1.43 Å². The van der Waals surface area contributed by atoms with Crippen LogP contribution in [-0.4, -0.2) is 0 Å². The molecule has 0 radical (unpaired) electrons. The first-order valence-corrected chi connectivity index (χ1v) is 0. The average Bonchev–Trinajstić information content (AvgIpc) is 0. The summed E-state index contributed by atoms with van der Waals surface area (Å²) in [5.41, 5.74) is 0. The Balaban J connectivity index is 0. The van der Waals surface area contributed by atoms with Crippen molar-refractivity contribution in [3.8, 4) is 0 Å². The van der Waals surface area contributed by atoms with E-state index in [1.165, 1.54) is 0 Å². The van der Waals surface area contributed by atoms with Crippen LogP contribution in [0.25, 0.3) is 0 Å². The number of halogens is 4. The molecular weight excluding hydrogens is 82.9 g/mol. The molecule has 0 aliphatic carbocycles. The summed E-state index contributed by atoms with van der Waals surface area (Å²) in [4.78, 5) is 0. The number of hydrogen-bond acceptors (Lipinski definition) is 0. The van der Waals surface area contributed by atoms with E-state index in [0.717, 1.165) is 0 Å². The van der Waals surface area contributed by atoms with E-state index in [1.807, 2.05) is 0 Å². The van der Waals surface area contributed by atoms with Crippen molar-refractivity contribution in [3.63, 3.8) is 0 Å². The summed E-state index contributed by atoms with van der Waals surface area (Å²) in [5.74, 6) is 0. The minimum absolute atomic E-state index is 0. The predicted octanol–water partition coefficient (Wildman–Crippen LogP) is -8.57. The van der Waals surface area contributed by atoms with Gasteiger partial charge >= 0.3 is 20.3 Å². The first-order valence-electron chi connectivity index (χ1n) is 0. The summed E-state index contributed by atoms with van der Waals surface area (Å²) < 4.78 is 0. The van der Waals surface area contributed by atoms with Gasteiger partial charge in [0.2, 0.25) is 0 Å². The van der Waals surface area contributed by atoms with Gasteiger partial charge in [0.25, 0.3) is 0 Å². The van der Waals surface area contributed by atoms with Crippen molar-refractivity contribution in [2.45, 2.75) is 0 Å². The van der Waals surface area contributed by atoms with Crippen LogP contribution >= 0.6 is 0 Å². The first-order chi connectivity index (χ1) is 0. The maximum absolute atomic E-state index is 0. The fraction of sp³-hybridized carbons (Fsp3) is 0. The van der Waals surface area contributed by atoms with Crippen LogP contribution in [0.4, 0.5) is 9.41 Å². The topological polar surface area (TPSA) is 0 Å². The van der Waals surface area contributed by atoms with Crippen molar-refractivity contribution in [2.24, 2.45) is 0 Å². The van der Waals surface area contributed by atoms with Crippen molar-refractivity contribution in [3.05, 3.63) is 0 Å². The molecule has 0 spiro atoms. The molecule has 0 saturated carbocycles. The van der Waals surface area contributed by atoms with Gasteiger partial charge in [0.15, 0.2) is 0 Å². The molecule has 0 unspecified atom stereocenters. The fourth-order valence-corrected chi connectivity index (χ4v) is 0. The summed E-state index contributed by atoms with van der Waals surface area (Å²) in [6.45, 7) is 0. The maximum atomic E-state index is 0. The van der Waals surface area contributed by atoms with Gasteiger partial charge in [-0.25, -0.2) is 0 Å². The Morgan fingerprint density at radius 3 is 0.800 bits per heavy atom. The van der Waals surface area contributed by atoms with Crippen molar-refractivity contribution >= 4 is 0 Å². The Kier molecular flexibility index (Phi) is 92800. The van der Waals surface area contributed by atoms with Gasteiger partial charge in [0, 0.05) is 0 Å². The van der Waals surface area contributed by atoms with Crippen LogP contribution < -0.4 is 28.3 Å². The third-order valence-electron chi connectivity index (χ3n) is 0. The smallest absolute Gasteiger partial charge is 1.00 e. The van der Waals surface area contributed by atoms with Crippen LogP contribution in [0.5, 0.6) is 0 Å². The Morgan fingerprint density at radius 2 is 0.800 bits per heavy atom. The van der Waals surface area contributed by atoms with Gasteiger partial charge in [0.05, 0.1) is 0 Å². The Hall–Kier alpha value is 0.317. The SMILES string of the molecule is F.F.[F-].[F-].[H+].[Li+]. The van der Waals surface area contributed by atoms with E-state index in [2.05, 4.69) is 0 Å². The van der Waals surface area contributed by atoms with E-state index >= 15 is 0 Å². The minimum atomic E-state index is 0. The predicted molar refractivity (Wildman–Crippen MR) is 6.12 cm³/mol. The molecule has 0 aromatic rings. The Morgan fingerprint density at radius 1 is 0.800 bits per heavy atom. The zero-order valence-corrected chi connectivity index (χ0v) is 2.57. The molecule has 0 amide bonds. The van der Waals surface area contributed by atoms with Gasteiger partial charge in [-0.15, -0.1) is 0 Å². The molecule has 0 fully saturated rings. The monoisotopic (exact) mass is 86.0 g/mol. The summed E-state index contributed by atoms with van der Waals surface area (Å²) >= 11 is 0. The average molecular weight is 86.0 g/mol. The van der Waals surface area contributed by atoms with Gasteiger partial charge in [-0.05, 0) is 0 Å². The second-order valence-corrected chi connectivity index (χ2v) is 0. The van der Waals surface area contributed by atoms with Gasteiger partial charge in [-0.1, -0.05) is 0 Å². The van der Waals surface area contributed by atoms with Gasteiger partial charge < -0.3 is 9.41 Å². The Labute approximate surface area is 40.1 Å². The number of rotatable bonds is 0. The molecule has 5 heteroatoms. The van der Waals surface area contributed by atoms with Crippen LogP contribution in [0.3, 0.4) is 0 Å². The third kappa shape index (κ3) is 230. The van der Waals surface area contributed by atoms with Crippen LogP contribution in [0.2, 0.25) is 0 Å². The zero-order valence-electron chi connectivity index (χ0n) is 3.57.